The van der Waals surface area contributed by atoms with E-state index in [1.165, 1.54) is 7.11 Å². The van der Waals surface area contributed by atoms with E-state index in [4.69, 9.17) is 10.00 Å². The zero-order chi connectivity index (χ0) is 9.68. The molecule has 0 aromatic heterocycles. The van der Waals surface area contributed by atoms with Gasteiger partial charge in [0.25, 0.3) is 0 Å². The first-order valence-electron chi connectivity index (χ1n) is 4.06. The number of methoxy groups -OCH3 is 1. The van der Waals surface area contributed by atoms with Gasteiger partial charge in [0.1, 0.15) is 0 Å². The molecule has 1 aliphatic heterocycles. The highest BCUT2D eigenvalue weighted by Gasteiger charge is 2.21. The van der Waals surface area contributed by atoms with Crippen LogP contribution in [0.1, 0.15) is 0 Å². The van der Waals surface area contributed by atoms with E-state index < -0.39 is 6.10 Å². The van der Waals surface area contributed by atoms with Crippen LogP contribution < -0.4 is 0 Å². The molecule has 0 radical (unpaired) electrons. The first-order valence-corrected chi connectivity index (χ1v) is 4.06. The molecule has 13 heavy (non-hydrogen) atoms. The van der Waals surface area contributed by atoms with E-state index in [1.54, 1.807) is 0 Å². The summed E-state index contributed by atoms with van der Waals surface area (Å²) in [6.45, 7) is 1.88. The highest BCUT2D eigenvalue weighted by atomic mass is 16.5. The Morgan fingerprint density at radius 3 is 3.23 bits per heavy atom. The minimum Gasteiger partial charge on any atom is -0.468 e. The Kier molecular flexibility index (Phi) is 3.68. The zero-order valence-corrected chi connectivity index (χ0v) is 7.52. The average Bonchev–Trinajstić information content (AvgIpc) is 2.18. The molecule has 1 rings (SSSR count). The molecule has 0 bridgehead atoms. The first-order chi connectivity index (χ1) is 6.26. The van der Waals surface area contributed by atoms with Gasteiger partial charge in [-0.2, -0.15) is 5.26 Å². The number of nitriles is 1. The number of rotatable bonds is 2. The van der Waals surface area contributed by atoms with E-state index in [9.17, 15) is 4.79 Å². The van der Waals surface area contributed by atoms with Crippen molar-refractivity contribution >= 4 is 5.97 Å². The number of carbonyl (C=O) groups excluding carboxylic acids is 1. The van der Waals surface area contributed by atoms with Crippen LogP contribution in [-0.2, 0) is 14.3 Å². The summed E-state index contributed by atoms with van der Waals surface area (Å²) in [6.07, 6.45) is -0.418. The van der Waals surface area contributed by atoms with Crippen molar-refractivity contribution in [3.8, 4) is 6.07 Å². The molecule has 5 nitrogen and oxygen atoms in total. The third-order valence-corrected chi connectivity index (χ3v) is 1.87. The smallest absolute Gasteiger partial charge is 0.319 e. The van der Waals surface area contributed by atoms with E-state index in [1.807, 2.05) is 11.0 Å². The summed E-state index contributed by atoms with van der Waals surface area (Å²) in [5.41, 5.74) is 0. The fraction of sp³-hybridized carbons (Fsp3) is 0.750. The summed E-state index contributed by atoms with van der Waals surface area (Å²) in [5.74, 6) is -0.279. The summed E-state index contributed by atoms with van der Waals surface area (Å²) in [4.78, 5) is 12.7. The molecule has 0 spiro atoms. The quantitative estimate of drug-likeness (QED) is 0.535. The number of hydrogen-bond acceptors (Lipinski definition) is 5. The Morgan fingerprint density at radius 2 is 2.62 bits per heavy atom. The van der Waals surface area contributed by atoms with Crippen LogP contribution in [0.5, 0.6) is 0 Å². The van der Waals surface area contributed by atoms with Gasteiger partial charge in [0, 0.05) is 13.1 Å². The van der Waals surface area contributed by atoms with Gasteiger partial charge in [-0.15, -0.1) is 0 Å². The van der Waals surface area contributed by atoms with Crippen LogP contribution in [0.15, 0.2) is 0 Å². The van der Waals surface area contributed by atoms with E-state index >= 15 is 0 Å². The highest BCUT2D eigenvalue weighted by molar-refractivity contribution is 5.71. The van der Waals surface area contributed by atoms with Crippen molar-refractivity contribution < 1.29 is 14.3 Å². The molecule has 0 aliphatic carbocycles. The molecule has 1 saturated heterocycles. The van der Waals surface area contributed by atoms with Gasteiger partial charge in [-0.3, -0.25) is 9.69 Å². The maximum Gasteiger partial charge on any atom is 0.319 e. The molecule has 5 heteroatoms. The maximum absolute atomic E-state index is 10.9. The van der Waals surface area contributed by atoms with E-state index in [2.05, 4.69) is 4.74 Å². The van der Waals surface area contributed by atoms with Gasteiger partial charge < -0.3 is 9.47 Å². The van der Waals surface area contributed by atoms with Gasteiger partial charge in [-0.05, 0) is 0 Å². The molecule has 0 N–H and O–H groups in total. The second-order valence-corrected chi connectivity index (χ2v) is 2.80. The van der Waals surface area contributed by atoms with Crippen molar-refractivity contribution in [2.24, 2.45) is 0 Å². The summed E-state index contributed by atoms with van der Waals surface area (Å²) in [5, 5.41) is 8.58. The van der Waals surface area contributed by atoms with Crippen molar-refractivity contribution in [3.05, 3.63) is 0 Å². The zero-order valence-electron chi connectivity index (χ0n) is 7.52. The van der Waals surface area contributed by atoms with Crippen LogP contribution in [0, 0.1) is 11.3 Å². The maximum atomic E-state index is 10.9. The lowest BCUT2D eigenvalue weighted by atomic mass is 10.3. The SMILES string of the molecule is COC(=O)CN1CCOC(C#N)C1. The molecular weight excluding hydrogens is 172 g/mol. The third kappa shape index (κ3) is 3.01. The van der Waals surface area contributed by atoms with Crippen molar-refractivity contribution in [2.45, 2.75) is 6.10 Å². The van der Waals surface area contributed by atoms with Gasteiger partial charge in [0.15, 0.2) is 6.10 Å². The van der Waals surface area contributed by atoms with E-state index in [-0.39, 0.29) is 12.5 Å². The molecule has 1 atom stereocenters. The molecule has 0 saturated carbocycles. The number of morpholine rings is 1. The summed E-state index contributed by atoms with van der Waals surface area (Å²) < 4.78 is 9.64. The molecule has 0 amide bonds. The van der Waals surface area contributed by atoms with Gasteiger partial charge >= 0.3 is 5.97 Å². The first kappa shape index (κ1) is 9.96. The van der Waals surface area contributed by atoms with Crippen LogP contribution in [0.3, 0.4) is 0 Å². The molecule has 1 heterocycles. The van der Waals surface area contributed by atoms with E-state index in [0.717, 1.165) is 0 Å². The number of esters is 1. The van der Waals surface area contributed by atoms with E-state index in [0.29, 0.717) is 19.7 Å². The lowest BCUT2D eigenvalue weighted by Crippen LogP contribution is -2.44. The number of ether oxygens (including phenoxy) is 2. The monoisotopic (exact) mass is 184 g/mol. The minimum atomic E-state index is -0.418. The Hall–Kier alpha value is -1.12. The average molecular weight is 184 g/mol. The molecule has 1 unspecified atom stereocenters. The molecule has 0 aromatic carbocycles. The van der Waals surface area contributed by atoms with Crippen molar-refractivity contribution in [2.75, 3.05) is 33.4 Å². The van der Waals surface area contributed by atoms with Gasteiger partial charge in [0.2, 0.25) is 0 Å². The normalized spacial score (nSPS) is 23.5. The van der Waals surface area contributed by atoms with Gasteiger partial charge in [-0.1, -0.05) is 0 Å². The molecule has 72 valence electrons. The Bertz CT molecular complexity index is 224. The topological polar surface area (TPSA) is 62.6 Å². The summed E-state index contributed by atoms with van der Waals surface area (Å²) in [7, 11) is 1.35. The Balaban J connectivity index is 2.35. The lowest BCUT2D eigenvalue weighted by Gasteiger charge is -2.28. The molecule has 1 aliphatic rings. The third-order valence-electron chi connectivity index (χ3n) is 1.87. The van der Waals surface area contributed by atoms with Crippen LogP contribution in [0.25, 0.3) is 0 Å². The standard InChI is InChI=1S/C8H12N2O3/c1-12-8(11)6-10-2-3-13-7(4-9)5-10/h7H,2-3,5-6H2,1H3. The number of carbonyl (C=O) groups is 1. The number of hydrogen-bond donors (Lipinski definition) is 0. The second-order valence-electron chi connectivity index (χ2n) is 2.80. The molecule has 1 fully saturated rings. The fourth-order valence-electron chi connectivity index (χ4n) is 1.17. The van der Waals surface area contributed by atoms with Crippen molar-refractivity contribution in [1.82, 2.24) is 4.90 Å². The Labute approximate surface area is 76.8 Å². The van der Waals surface area contributed by atoms with Gasteiger partial charge in [0.05, 0.1) is 26.3 Å². The Morgan fingerprint density at radius 1 is 1.85 bits per heavy atom. The predicted molar refractivity (Wildman–Crippen MR) is 43.8 cm³/mol. The number of nitrogens with zero attached hydrogens (tertiary/aromatic N) is 2. The second kappa shape index (κ2) is 4.80. The van der Waals surface area contributed by atoms with Crippen LogP contribution in [0.4, 0.5) is 0 Å². The van der Waals surface area contributed by atoms with Crippen LogP contribution in [-0.4, -0.2) is 50.3 Å². The summed E-state index contributed by atoms with van der Waals surface area (Å²) >= 11 is 0. The van der Waals surface area contributed by atoms with Gasteiger partial charge in [-0.25, -0.2) is 0 Å². The van der Waals surface area contributed by atoms with Crippen LogP contribution in [0.2, 0.25) is 0 Å². The predicted octanol–water partition coefficient (Wildman–Crippen LogP) is -0.616. The lowest BCUT2D eigenvalue weighted by molar-refractivity contribution is -0.143. The summed E-state index contributed by atoms with van der Waals surface area (Å²) in [6, 6.07) is 2.01. The van der Waals surface area contributed by atoms with Crippen molar-refractivity contribution in [3.63, 3.8) is 0 Å². The molecule has 0 aromatic rings. The van der Waals surface area contributed by atoms with Crippen LogP contribution >= 0.6 is 0 Å². The van der Waals surface area contributed by atoms with Crippen molar-refractivity contribution in [1.29, 1.82) is 5.26 Å². The largest absolute Gasteiger partial charge is 0.468 e. The fourth-order valence-corrected chi connectivity index (χ4v) is 1.17. The molecular formula is C8H12N2O3. The minimum absolute atomic E-state index is 0.234. The highest BCUT2D eigenvalue weighted by Crippen LogP contribution is 2.03.